The zero-order valence-corrected chi connectivity index (χ0v) is 18.0. The molecule has 0 radical (unpaired) electrons. The van der Waals surface area contributed by atoms with E-state index in [1.807, 2.05) is 0 Å². The average Bonchev–Trinajstić information content (AvgIpc) is 3.18. The molecule has 1 aliphatic heterocycles. The Morgan fingerprint density at radius 2 is 2.07 bits per heavy atom. The van der Waals surface area contributed by atoms with Gasteiger partial charge in [0.1, 0.15) is 10.7 Å². The molecule has 1 N–H and O–H groups in total. The number of hydrogen-bond acceptors (Lipinski definition) is 9. The second-order valence-corrected chi connectivity index (χ2v) is 8.77. The predicted molar refractivity (Wildman–Crippen MR) is 108 cm³/mol. The Balaban J connectivity index is 2.02. The molecule has 1 aliphatic rings. The number of fused-ring (bicyclic) bond motifs is 1. The molecule has 1 atom stereocenters. The summed E-state index contributed by atoms with van der Waals surface area (Å²) < 4.78 is 42.0. The Kier molecular flexibility index (Phi) is 6.27. The lowest BCUT2D eigenvalue weighted by atomic mass is 10.2. The van der Waals surface area contributed by atoms with Gasteiger partial charge in [-0.3, -0.25) is 9.10 Å². The molecule has 2 aromatic rings. The Morgan fingerprint density at radius 1 is 1.30 bits per heavy atom. The molecule has 0 spiro atoms. The molecule has 0 saturated heterocycles. The van der Waals surface area contributed by atoms with Crippen molar-refractivity contribution in [3.63, 3.8) is 0 Å². The van der Waals surface area contributed by atoms with Crippen LogP contribution in [0.5, 0.6) is 0 Å². The Morgan fingerprint density at radius 3 is 2.73 bits per heavy atom. The first kappa shape index (κ1) is 21.6. The fourth-order valence-corrected chi connectivity index (χ4v) is 5.22. The number of nitrogens with zero attached hydrogens (tertiary/aromatic N) is 2. The van der Waals surface area contributed by atoms with E-state index in [2.05, 4.69) is 10.3 Å². The van der Waals surface area contributed by atoms with Crippen LogP contribution in [0.2, 0.25) is 0 Å². The number of carbonyl (C=O) groups is 2. The maximum atomic E-state index is 13.0. The zero-order valence-electron chi connectivity index (χ0n) is 16.3. The van der Waals surface area contributed by atoms with Gasteiger partial charge < -0.3 is 19.5 Å². The van der Waals surface area contributed by atoms with E-state index >= 15 is 0 Å². The van der Waals surface area contributed by atoms with Crippen molar-refractivity contribution in [1.82, 2.24) is 9.29 Å². The van der Waals surface area contributed by atoms with Gasteiger partial charge in [0.05, 0.1) is 11.5 Å². The van der Waals surface area contributed by atoms with Crippen molar-refractivity contribution in [2.45, 2.75) is 25.0 Å². The van der Waals surface area contributed by atoms with Crippen molar-refractivity contribution in [3.05, 3.63) is 46.4 Å². The van der Waals surface area contributed by atoms with Crippen LogP contribution in [0.3, 0.4) is 0 Å². The first-order chi connectivity index (χ1) is 14.3. The first-order valence-electron chi connectivity index (χ1n) is 8.79. The van der Waals surface area contributed by atoms with Crippen LogP contribution >= 0.6 is 11.3 Å². The van der Waals surface area contributed by atoms with Crippen LogP contribution in [-0.4, -0.2) is 49.7 Å². The number of likely N-dealkylation sites (N-methyl/N-ethyl adjacent to an activating group) is 1. The van der Waals surface area contributed by atoms with E-state index in [0.29, 0.717) is 0 Å². The number of sulfonamides is 1. The molecule has 3 heterocycles. The Labute approximate surface area is 177 Å². The van der Waals surface area contributed by atoms with Gasteiger partial charge in [0.2, 0.25) is 6.29 Å². The lowest BCUT2D eigenvalue weighted by Gasteiger charge is -2.29. The van der Waals surface area contributed by atoms with Crippen molar-refractivity contribution in [2.24, 2.45) is 0 Å². The fraction of sp³-hybridized carbons (Fsp3) is 0.278. The van der Waals surface area contributed by atoms with Crippen LogP contribution in [0.25, 0.3) is 5.76 Å². The second kappa shape index (κ2) is 8.71. The third kappa shape index (κ3) is 4.24. The number of thiophene rings is 1. The summed E-state index contributed by atoms with van der Waals surface area (Å²) in [7, 11) is -2.73. The topological polar surface area (TPSA) is 124 Å². The summed E-state index contributed by atoms with van der Waals surface area (Å²) in [6.07, 6.45) is -0.621. The summed E-state index contributed by atoms with van der Waals surface area (Å²) in [6.45, 7) is 3.16. The van der Waals surface area contributed by atoms with Gasteiger partial charge in [-0.25, -0.2) is 18.2 Å². The molecule has 2 aromatic heterocycles. The largest absolute Gasteiger partial charge is 0.511 e. The molecule has 0 fully saturated rings. The number of nitrogens with one attached hydrogen (secondary N) is 1. The van der Waals surface area contributed by atoms with Crippen molar-refractivity contribution >= 4 is 45.0 Å². The van der Waals surface area contributed by atoms with E-state index in [9.17, 15) is 18.0 Å². The van der Waals surface area contributed by atoms with E-state index in [1.165, 1.54) is 26.2 Å². The van der Waals surface area contributed by atoms with Crippen LogP contribution in [0.4, 0.5) is 10.6 Å². The van der Waals surface area contributed by atoms with Crippen LogP contribution in [0.1, 0.15) is 18.7 Å². The number of ether oxygens (including phenoxy) is 3. The van der Waals surface area contributed by atoms with Crippen molar-refractivity contribution in [3.8, 4) is 0 Å². The number of rotatable bonds is 6. The zero-order chi connectivity index (χ0) is 21.9. The molecule has 1 amide bonds. The number of pyridine rings is 1. The summed E-state index contributed by atoms with van der Waals surface area (Å²) in [6, 6.07) is 6.31. The van der Waals surface area contributed by atoms with Gasteiger partial charge in [0, 0.05) is 20.2 Å². The number of amides is 1. The molecule has 12 heteroatoms. The molecular weight excluding hydrogens is 434 g/mol. The number of anilines is 1. The quantitative estimate of drug-likeness (QED) is 0.523. The molecule has 1 unspecified atom stereocenters. The van der Waals surface area contributed by atoms with Crippen molar-refractivity contribution in [2.75, 3.05) is 19.0 Å². The molecule has 0 aromatic carbocycles. The van der Waals surface area contributed by atoms with E-state index < -0.39 is 28.4 Å². The highest BCUT2D eigenvalue weighted by molar-refractivity contribution is 7.89. The Hall–Kier alpha value is -3.12. The summed E-state index contributed by atoms with van der Waals surface area (Å²) in [5, 5.41) is 4.11. The highest BCUT2D eigenvalue weighted by Gasteiger charge is 2.40. The molecule has 30 heavy (non-hydrogen) atoms. The minimum Gasteiger partial charge on any atom is -0.451 e. The predicted octanol–water partition coefficient (Wildman–Crippen LogP) is 2.62. The lowest BCUT2D eigenvalue weighted by molar-refractivity contribution is -0.114. The summed E-state index contributed by atoms with van der Waals surface area (Å²) in [5.74, 6) is -0.562. The first-order valence-corrected chi connectivity index (χ1v) is 11.1. The van der Waals surface area contributed by atoms with Crippen molar-refractivity contribution < 1.29 is 32.2 Å². The van der Waals surface area contributed by atoms with E-state index in [1.54, 1.807) is 30.5 Å². The van der Waals surface area contributed by atoms with Gasteiger partial charge in [-0.2, -0.15) is 0 Å². The smallest absolute Gasteiger partial charge is 0.451 e. The average molecular weight is 453 g/mol. The van der Waals surface area contributed by atoms with Crippen LogP contribution < -0.4 is 5.32 Å². The SMILES string of the molecule is CCOC(=O)OC(C)OC1=C(C(=O)Nc2ccccn2)N(C)S(=O)(=O)c2ccsc21. The number of carbonyl (C=O) groups excluding carboxylic acids is 2. The van der Waals surface area contributed by atoms with Gasteiger partial charge in [0.25, 0.3) is 15.9 Å². The standard InChI is InChI=1S/C18H19N3O7S2/c1-4-26-18(23)28-11(2)27-15-14(17(22)20-13-7-5-6-9-19-13)21(3)30(24,25)12-8-10-29-16(12)15/h5-11H,4H2,1-3H3,(H,19,20,22). The third-order valence-electron chi connectivity index (χ3n) is 3.93. The third-order valence-corrected chi connectivity index (χ3v) is 6.78. The van der Waals surface area contributed by atoms with Crippen LogP contribution in [0.15, 0.2) is 46.4 Å². The summed E-state index contributed by atoms with van der Waals surface area (Å²) in [4.78, 5) is 28.8. The van der Waals surface area contributed by atoms with E-state index in [-0.39, 0.29) is 33.7 Å². The maximum absolute atomic E-state index is 13.0. The molecule has 3 rings (SSSR count). The Bertz CT molecular complexity index is 1080. The fourth-order valence-electron chi connectivity index (χ4n) is 2.63. The van der Waals surface area contributed by atoms with Crippen molar-refractivity contribution in [1.29, 1.82) is 0 Å². The highest BCUT2D eigenvalue weighted by Crippen LogP contribution is 2.40. The second-order valence-electron chi connectivity index (χ2n) is 5.92. The van der Waals surface area contributed by atoms with Crippen LogP contribution in [0, 0.1) is 0 Å². The van der Waals surface area contributed by atoms with Gasteiger partial charge in [-0.05, 0) is 30.5 Å². The van der Waals surface area contributed by atoms with E-state index in [0.717, 1.165) is 15.6 Å². The molecule has 10 nitrogen and oxygen atoms in total. The van der Waals surface area contributed by atoms with Gasteiger partial charge >= 0.3 is 6.16 Å². The molecule has 0 aliphatic carbocycles. The maximum Gasteiger partial charge on any atom is 0.511 e. The summed E-state index contributed by atoms with van der Waals surface area (Å²) >= 11 is 1.08. The highest BCUT2D eigenvalue weighted by atomic mass is 32.2. The molecule has 0 saturated carbocycles. The number of hydrogen-bond donors (Lipinski definition) is 1. The normalized spacial score (nSPS) is 15.8. The van der Waals surface area contributed by atoms with Gasteiger partial charge in [-0.1, -0.05) is 6.07 Å². The lowest BCUT2D eigenvalue weighted by Crippen LogP contribution is -2.37. The van der Waals surface area contributed by atoms with Gasteiger partial charge in [0.15, 0.2) is 11.5 Å². The summed E-state index contributed by atoms with van der Waals surface area (Å²) in [5.41, 5.74) is -0.269. The van der Waals surface area contributed by atoms with Gasteiger partial charge in [-0.15, -0.1) is 11.3 Å². The van der Waals surface area contributed by atoms with Crippen LogP contribution in [-0.2, 0) is 29.0 Å². The molecule has 160 valence electrons. The molecule has 0 bridgehead atoms. The molecular formula is C18H19N3O7S2. The monoisotopic (exact) mass is 453 g/mol. The minimum atomic E-state index is -3.97. The number of aromatic nitrogens is 1. The minimum absolute atomic E-state index is 0.0114. The van der Waals surface area contributed by atoms with E-state index in [4.69, 9.17) is 14.2 Å².